The molecule has 118 valence electrons. The van der Waals surface area contributed by atoms with Gasteiger partial charge in [-0.25, -0.2) is 13.6 Å². The highest BCUT2D eigenvalue weighted by Gasteiger charge is 2.19. The minimum Gasteiger partial charge on any atom is -0.465 e. The average molecular weight is 300 g/mol. The van der Waals surface area contributed by atoms with E-state index in [0.717, 1.165) is 13.5 Å². The molecule has 0 radical (unpaired) electrons. The van der Waals surface area contributed by atoms with Crippen molar-refractivity contribution >= 4 is 11.7 Å². The van der Waals surface area contributed by atoms with Gasteiger partial charge in [-0.05, 0) is 32.5 Å². The van der Waals surface area contributed by atoms with E-state index in [4.69, 9.17) is 0 Å². The highest BCUT2D eigenvalue weighted by molar-refractivity contribution is 5.90. The molecular weight excluding hydrogens is 278 g/mol. The van der Waals surface area contributed by atoms with E-state index in [0.29, 0.717) is 19.1 Å². The number of hydrogen-bond acceptors (Lipinski definition) is 4. The second-order valence-electron chi connectivity index (χ2n) is 4.94. The van der Waals surface area contributed by atoms with E-state index in [1.807, 2.05) is 7.05 Å². The van der Waals surface area contributed by atoms with Crippen LogP contribution in [0.1, 0.15) is 30.6 Å². The van der Waals surface area contributed by atoms with Gasteiger partial charge in [0.05, 0.1) is 18.4 Å². The summed E-state index contributed by atoms with van der Waals surface area (Å²) in [7, 11) is 3.10. The summed E-state index contributed by atoms with van der Waals surface area (Å²) in [5, 5.41) is 2.84. The fourth-order valence-corrected chi connectivity index (χ4v) is 1.85. The van der Waals surface area contributed by atoms with Crippen LogP contribution in [0.4, 0.5) is 14.5 Å². The second kappa shape index (κ2) is 7.93. The van der Waals surface area contributed by atoms with Crippen molar-refractivity contribution in [2.75, 3.05) is 32.6 Å². The first kappa shape index (κ1) is 17.4. The fourth-order valence-electron chi connectivity index (χ4n) is 1.85. The molecule has 0 aliphatic heterocycles. The summed E-state index contributed by atoms with van der Waals surface area (Å²) in [5.74, 6) is -3.15. The maximum absolute atomic E-state index is 13.8. The van der Waals surface area contributed by atoms with Crippen LogP contribution in [0.25, 0.3) is 0 Å². The Morgan fingerprint density at radius 1 is 1.38 bits per heavy atom. The third kappa shape index (κ3) is 4.39. The molecule has 1 rings (SSSR count). The van der Waals surface area contributed by atoms with Crippen molar-refractivity contribution < 1.29 is 18.3 Å². The largest absolute Gasteiger partial charge is 0.465 e. The highest BCUT2D eigenvalue weighted by atomic mass is 19.2. The van der Waals surface area contributed by atoms with E-state index in [2.05, 4.69) is 28.8 Å². The number of carbonyl (C=O) groups excluding carboxylic acids is 1. The number of carbonyl (C=O) groups is 1. The molecule has 0 bridgehead atoms. The van der Waals surface area contributed by atoms with E-state index in [1.165, 1.54) is 12.1 Å². The summed E-state index contributed by atoms with van der Waals surface area (Å²) in [5.41, 5.74) is -0.366. The lowest BCUT2D eigenvalue weighted by Gasteiger charge is -2.23. The van der Waals surface area contributed by atoms with E-state index < -0.39 is 23.2 Å². The molecule has 1 N–H and O–H groups in total. The molecular formula is C15H22F2N2O2. The Balaban J connectivity index is 2.69. The zero-order chi connectivity index (χ0) is 16.0. The molecule has 0 aliphatic rings. The summed E-state index contributed by atoms with van der Waals surface area (Å²) in [6, 6.07) is 2.98. The minimum atomic E-state index is -1.19. The van der Waals surface area contributed by atoms with Crippen molar-refractivity contribution in [1.29, 1.82) is 0 Å². The van der Waals surface area contributed by atoms with Crippen molar-refractivity contribution in [3.05, 3.63) is 29.3 Å². The van der Waals surface area contributed by atoms with Crippen LogP contribution in [-0.4, -0.2) is 44.2 Å². The Morgan fingerprint density at radius 2 is 2.05 bits per heavy atom. The number of nitrogens with zero attached hydrogens (tertiary/aromatic N) is 1. The number of rotatable bonds is 7. The van der Waals surface area contributed by atoms with Crippen molar-refractivity contribution in [3.8, 4) is 0 Å². The molecule has 0 spiro atoms. The number of halogens is 2. The predicted octanol–water partition coefficient (Wildman–Crippen LogP) is 2.89. The molecule has 0 heterocycles. The van der Waals surface area contributed by atoms with Gasteiger partial charge in [0.25, 0.3) is 0 Å². The van der Waals surface area contributed by atoms with Gasteiger partial charge in [-0.1, -0.05) is 6.92 Å². The maximum atomic E-state index is 13.8. The van der Waals surface area contributed by atoms with Gasteiger partial charge in [-0.15, -0.1) is 0 Å². The lowest BCUT2D eigenvalue weighted by molar-refractivity contribution is 0.0594. The van der Waals surface area contributed by atoms with Gasteiger partial charge in [0.1, 0.15) is 0 Å². The molecule has 6 heteroatoms. The monoisotopic (exact) mass is 300 g/mol. The standard InChI is InChI=1S/C15H22F2N2O2/c1-5-10(2)19(3)9-8-18-12-7-6-11(15(20)21-4)13(16)14(12)17/h6-7,10,18H,5,8-9H2,1-4H3. The Morgan fingerprint density at radius 3 is 2.62 bits per heavy atom. The predicted molar refractivity (Wildman–Crippen MR) is 78.6 cm³/mol. The van der Waals surface area contributed by atoms with E-state index in [9.17, 15) is 13.6 Å². The first-order valence-electron chi connectivity index (χ1n) is 6.92. The van der Waals surface area contributed by atoms with Crippen LogP contribution in [0, 0.1) is 11.6 Å². The maximum Gasteiger partial charge on any atom is 0.340 e. The number of benzene rings is 1. The molecule has 1 unspecified atom stereocenters. The Labute approximate surface area is 124 Å². The molecule has 1 aromatic carbocycles. The summed E-state index contributed by atoms with van der Waals surface area (Å²) >= 11 is 0. The quantitative estimate of drug-likeness (QED) is 0.786. The number of likely N-dealkylation sites (N-methyl/N-ethyl adjacent to an activating group) is 1. The zero-order valence-corrected chi connectivity index (χ0v) is 12.9. The Bertz CT molecular complexity index is 495. The van der Waals surface area contributed by atoms with Crippen molar-refractivity contribution in [2.24, 2.45) is 0 Å². The molecule has 1 aromatic rings. The van der Waals surface area contributed by atoms with Crippen molar-refractivity contribution in [3.63, 3.8) is 0 Å². The van der Waals surface area contributed by atoms with E-state index in [-0.39, 0.29) is 5.69 Å². The van der Waals surface area contributed by atoms with Gasteiger partial charge >= 0.3 is 5.97 Å². The summed E-state index contributed by atoms with van der Waals surface area (Å²) in [4.78, 5) is 13.4. The fraction of sp³-hybridized carbons (Fsp3) is 0.533. The Hall–Kier alpha value is -1.69. The lowest BCUT2D eigenvalue weighted by Crippen LogP contribution is -2.32. The summed E-state index contributed by atoms with van der Waals surface area (Å²) in [6.45, 7) is 5.38. The summed E-state index contributed by atoms with van der Waals surface area (Å²) in [6.07, 6.45) is 1.02. The van der Waals surface area contributed by atoms with Gasteiger partial charge in [0.2, 0.25) is 0 Å². The molecule has 0 fully saturated rings. The smallest absolute Gasteiger partial charge is 0.340 e. The van der Waals surface area contributed by atoms with Gasteiger partial charge in [0, 0.05) is 19.1 Å². The number of methoxy groups -OCH3 is 1. The van der Waals surface area contributed by atoms with Crippen molar-refractivity contribution in [1.82, 2.24) is 4.90 Å². The third-order valence-corrected chi connectivity index (χ3v) is 3.61. The minimum absolute atomic E-state index is 0.0395. The lowest BCUT2D eigenvalue weighted by atomic mass is 10.1. The number of ether oxygens (including phenoxy) is 1. The zero-order valence-electron chi connectivity index (χ0n) is 12.9. The van der Waals surface area contributed by atoms with Crippen molar-refractivity contribution in [2.45, 2.75) is 26.3 Å². The second-order valence-corrected chi connectivity index (χ2v) is 4.94. The molecule has 0 amide bonds. The number of anilines is 1. The van der Waals surface area contributed by atoms with E-state index in [1.54, 1.807) is 0 Å². The van der Waals surface area contributed by atoms with Gasteiger partial charge in [-0.2, -0.15) is 0 Å². The average Bonchev–Trinajstić information content (AvgIpc) is 2.49. The molecule has 0 saturated carbocycles. The molecule has 0 aromatic heterocycles. The molecule has 4 nitrogen and oxygen atoms in total. The van der Waals surface area contributed by atoms with Gasteiger partial charge in [-0.3, -0.25) is 0 Å². The normalized spacial score (nSPS) is 12.3. The first-order valence-corrected chi connectivity index (χ1v) is 6.92. The van der Waals surface area contributed by atoms with Crippen LogP contribution in [0.2, 0.25) is 0 Å². The van der Waals surface area contributed by atoms with Gasteiger partial charge in [0.15, 0.2) is 11.6 Å². The molecule has 0 saturated heterocycles. The SMILES string of the molecule is CCC(C)N(C)CCNc1ccc(C(=O)OC)c(F)c1F. The van der Waals surface area contributed by atoms with Crippen LogP contribution in [0.5, 0.6) is 0 Å². The van der Waals surface area contributed by atoms with Crippen LogP contribution in [0.15, 0.2) is 12.1 Å². The summed E-state index contributed by atoms with van der Waals surface area (Å²) < 4.78 is 32.0. The molecule has 21 heavy (non-hydrogen) atoms. The molecule has 0 aliphatic carbocycles. The van der Waals surface area contributed by atoms with Crippen LogP contribution >= 0.6 is 0 Å². The highest BCUT2D eigenvalue weighted by Crippen LogP contribution is 2.21. The number of hydrogen-bond donors (Lipinski definition) is 1. The van der Waals surface area contributed by atoms with Crippen LogP contribution < -0.4 is 5.32 Å². The van der Waals surface area contributed by atoms with Gasteiger partial charge < -0.3 is 15.0 Å². The Kier molecular flexibility index (Phi) is 6.55. The topological polar surface area (TPSA) is 41.6 Å². The molecule has 1 atom stereocenters. The first-order chi connectivity index (χ1) is 9.92. The number of nitrogens with one attached hydrogen (secondary N) is 1. The van der Waals surface area contributed by atoms with Crippen LogP contribution in [0.3, 0.4) is 0 Å². The number of esters is 1. The van der Waals surface area contributed by atoms with E-state index >= 15 is 0 Å². The third-order valence-electron chi connectivity index (χ3n) is 3.61. The van der Waals surface area contributed by atoms with Crippen LogP contribution in [-0.2, 0) is 4.74 Å².